The third-order valence-corrected chi connectivity index (χ3v) is 4.94. The summed E-state index contributed by atoms with van der Waals surface area (Å²) >= 11 is 0. The largest absolute Gasteiger partial charge is 0.229 e. The molecule has 0 unspecified atom stereocenters. The van der Waals surface area contributed by atoms with Crippen LogP contribution < -0.4 is 0 Å². The van der Waals surface area contributed by atoms with Gasteiger partial charge in [-0.25, -0.2) is 8.42 Å². The van der Waals surface area contributed by atoms with Crippen molar-refractivity contribution in [3.8, 4) is 0 Å². The molecule has 0 aromatic rings. The van der Waals surface area contributed by atoms with Crippen LogP contribution in [-0.2, 0) is 9.84 Å². The zero-order valence-electron chi connectivity index (χ0n) is 13.1. The fraction of sp³-hybridized carbons (Fsp3) is 0.867. The highest BCUT2D eigenvalue weighted by Gasteiger charge is 2.25. The molecular weight excluding hydrogens is 244 g/mol. The molecule has 0 saturated heterocycles. The molecule has 18 heavy (non-hydrogen) atoms. The van der Waals surface area contributed by atoms with Gasteiger partial charge in [0.15, 0.2) is 9.84 Å². The van der Waals surface area contributed by atoms with Crippen molar-refractivity contribution in [2.45, 2.75) is 54.9 Å². The maximum Gasteiger partial charge on any atom is 0.154 e. The van der Waals surface area contributed by atoms with Crippen LogP contribution in [0.3, 0.4) is 0 Å². The molecule has 0 heterocycles. The van der Waals surface area contributed by atoms with Gasteiger partial charge < -0.3 is 0 Å². The summed E-state index contributed by atoms with van der Waals surface area (Å²) in [4.78, 5) is 0. The number of sulfone groups is 1. The van der Waals surface area contributed by atoms with Crippen molar-refractivity contribution in [3.05, 3.63) is 12.2 Å². The maximum absolute atomic E-state index is 12.0. The molecule has 0 amide bonds. The Balaban J connectivity index is 4.34. The number of rotatable bonds is 5. The fourth-order valence-corrected chi connectivity index (χ4v) is 3.18. The molecule has 0 spiro atoms. The van der Waals surface area contributed by atoms with Crippen molar-refractivity contribution < 1.29 is 8.42 Å². The highest BCUT2D eigenvalue weighted by Crippen LogP contribution is 2.26. The van der Waals surface area contributed by atoms with E-state index in [1.54, 1.807) is 6.08 Å². The number of hydrogen-bond donors (Lipinski definition) is 0. The summed E-state index contributed by atoms with van der Waals surface area (Å²) in [6.45, 7) is 14.7. The average molecular weight is 274 g/mol. The van der Waals surface area contributed by atoms with Gasteiger partial charge in [0, 0.05) is 0 Å². The Morgan fingerprint density at radius 3 is 1.89 bits per heavy atom. The lowest BCUT2D eigenvalue weighted by Gasteiger charge is -2.26. The quantitative estimate of drug-likeness (QED) is 0.708. The van der Waals surface area contributed by atoms with Crippen molar-refractivity contribution in [2.75, 3.05) is 11.5 Å². The third kappa shape index (κ3) is 8.73. The maximum atomic E-state index is 12.0. The Bertz CT molecular complexity index is 364. The number of allylic oxidation sites excluding steroid dienone is 1. The van der Waals surface area contributed by atoms with Crippen LogP contribution in [0.1, 0.15) is 54.9 Å². The van der Waals surface area contributed by atoms with Crippen molar-refractivity contribution in [3.63, 3.8) is 0 Å². The van der Waals surface area contributed by atoms with Crippen LogP contribution in [-0.4, -0.2) is 19.9 Å². The van der Waals surface area contributed by atoms with E-state index in [2.05, 4.69) is 41.5 Å². The van der Waals surface area contributed by atoms with Gasteiger partial charge in [-0.3, -0.25) is 0 Å². The van der Waals surface area contributed by atoms with Crippen molar-refractivity contribution in [1.29, 1.82) is 0 Å². The molecule has 0 aromatic carbocycles. The second-order valence-electron chi connectivity index (χ2n) is 7.58. The van der Waals surface area contributed by atoms with Gasteiger partial charge in [0.05, 0.1) is 11.5 Å². The molecule has 108 valence electrons. The van der Waals surface area contributed by atoms with Crippen LogP contribution in [0.5, 0.6) is 0 Å². The summed E-state index contributed by atoms with van der Waals surface area (Å²) in [5, 5.41) is 0. The molecule has 0 saturated carbocycles. The van der Waals surface area contributed by atoms with Gasteiger partial charge in [-0.1, -0.05) is 60.6 Å². The number of hydrogen-bond acceptors (Lipinski definition) is 2. The average Bonchev–Trinajstić information content (AvgIpc) is 2.08. The highest BCUT2D eigenvalue weighted by atomic mass is 32.2. The molecule has 0 aliphatic rings. The van der Waals surface area contributed by atoms with E-state index in [1.165, 1.54) is 0 Å². The molecular formula is C15H30O2S. The molecule has 0 rings (SSSR count). The van der Waals surface area contributed by atoms with Gasteiger partial charge in [-0.15, -0.1) is 0 Å². The lowest BCUT2D eigenvalue weighted by molar-refractivity contribution is 0.285. The Morgan fingerprint density at radius 1 is 1.00 bits per heavy atom. The van der Waals surface area contributed by atoms with E-state index < -0.39 is 9.84 Å². The second kappa shape index (κ2) is 6.23. The van der Waals surface area contributed by atoms with Gasteiger partial charge in [-0.2, -0.15) is 0 Å². The van der Waals surface area contributed by atoms with Gasteiger partial charge >= 0.3 is 0 Å². The van der Waals surface area contributed by atoms with E-state index in [9.17, 15) is 8.42 Å². The molecule has 2 nitrogen and oxygen atoms in total. The minimum absolute atomic E-state index is 0.0438. The van der Waals surface area contributed by atoms with E-state index >= 15 is 0 Å². The predicted molar refractivity (Wildman–Crippen MR) is 80.5 cm³/mol. The molecule has 0 fully saturated rings. The van der Waals surface area contributed by atoms with E-state index in [-0.39, 0.29) is 28.3 Å². The summed E-state index contributed by atoms with van der Waals surface area (Å²) in [5.74, 6) is 0.623. The van der Waals surface area contributed by atoms with Crippen LogP contribution in [0.25, 0.3) is 0 Å². The van der Waals surface area contributed by atoms with Crippen LogP contribution in [0.15, 0.2) is 12.2 Å². The summed E-state index contributed by atoms with van der Waals surface area (Å²) in [7, 11) is -2.97. The highest BCUT2D eigenvalue weighted by molar-refractivity contribution is 7.91. The van der Waals surface area contributed by atoms with Crippen LogP contribution in [0.4, 0.5) is 0 Å². The molecule has 0 aliphatic carbocycles. The first-order valence-electron chi connectivity index (χ1n) is 6.69. The summed E-state index contributed by atoms with van der Waals surface area (Å²) in [6.07, 6.45) is 4.70. The van der Waals surface area contributed by atoms with Gasteiger partial charge in [-0.05, 0) is 23.2 Å². The first kappa shape index (κ1) is 17.7. The van der Waals surface area contributed by atoms with Crippen molar-refractivity contribution >= 4 is 9.84 Å². The van der Waals surface area contributed by atoms with Crippen LogP contribution >= 0.6 is 0 Å². The monoisotopic (exact) mass is 274 g/mol. The molecule has 0 aliphatic heterocycles. The summed E-state index contributed by atoms with van der Waals surface area (Å²) in [5.41, 5.74) is 0.265. The van der Waals surface area contributed by atoms with Crippen molar-refractivity contribution in [1.82, 2.24) is 0 Å². The molecule has 3 heteroatoms. The normalized spacial score (nSPS) is 16.2. The zero-order chi connectivity index (χ0) is 14.6. The van der Waals surface area contributed by atoms with Crippen LogP contribution in [0, 0.1) is 16.7 Å². The topological polar surface area (TPSA) is 34.1 Å². The Hall–Kier alpha value is -0.310. The fourth-order valence-electron chi connectivity index (χ4n) is 1.35. The van der Waals surface area contributed by atoms with Gasteiger partial charge in [0.1, 0.15) is 0 Å². The van der Waals surface area contributed by atoms with Crippen LogP contribution in [0.2, 0.25) is 0 Å². The van der Waals surface area contributed by atoms with E-state index in [1.807, 2.05) is 13.0 Å². The van der Waals surface area contributed by atoms with Gasteiger partial charge in [0.25, 0.3) is 0 Å². The van der Waals surface area contributed by atoms with Crippen molar-refractivity contribution in [2.24, 2.45) is 16.7 Å². The molecule has 1 atom stereocenters. The first-order valence-corrected chi connectivity index (χ1v) is 8.51. The standard InChI is InChI=1S/C15H30O2S/c1-13(15(5,6)7)12-18(16,17)11-9-8-10-14(2,3)4/h8-9,13H,10-12H2,1-7H3/b9-8+/t13-/m0/s1. The molecule has 0 bridgehead atoms. The smallest absolute Gasteiger partial charge is 0.154 e. The summed E-state index contributed by atoms with van der Waals surface area (Å²) in [6, 6.07) is 0. The van der Waals surface area contributed by atoms with E-state index in [0.717, 1.165) is 6.42 Å². The molecule has 0 aromatic heterocycles. The summed E-state index contributed by atoms with van der Waals surface area (Å²) < 4.78 is 23.9. The van der Waals surface area contributed by atoms with E-state index in [0.29, 0.717) is 0 Å². The Morgan fingerprint density at radius 2 is 1.50 bits per heavy atom. The Labute approximate surface area is 114 Å². The molecule has 0 radical (unpaired) electrons. The first-order chi connectivity index (χ1) is 7.83. The lowest BCUT2D eigenvalue weighted by atomic mass is 9.83. The SMILES string of the molecule is C[C@@H](CS(=O)(=O)C/C=C/CC(C)(C)C)C(C)(C)C. The zero-order valence-corrected chi connectivity index (χ0v) is 13.9. The third-order valence-electron chi connectivity index (χ3n) is 3.23. The Kier molecular flexibility index (Phi) is 6.12. The molecule has 0 N–H and O–H groups in total. The van der Waals surface area contributed by atoms with Gasteiger partial charge in [0.2, 0.25) is 0 Å². The minimum atomic E-state index is -2.97. The van der Waals surface area contributed by atoms with E-state index in [4.69, 9.17) is 0 Å². The lowest BCUT2D eigenvalue weighted by Crippen LogP contribution is -2.26. The second-order valence-corrected chi connectivity index (χ2v) is 9.73. The predicted octanol–water partition coefficient (Wildman–Crippen LogP) is 4.08. The minimum Gasteiger partial charge on any atom is -0.229 e.